The highest BCUT2D eigenvalue weighted by Crippen LogP contribution is 2.42. The number of hydrogen-bond acceptors (Lipinski definition) is 5. The molecule has 0 bridgehead atoms. The van der Waals surface area contributed by atoms with E-state index in [2.05, 4.69) is 5.32 Å². The van der Waals surface area contributed by atoms with Crippen LogP contribution in [-0.4, -0.2) is 32.1 Å². The largest absolute Gasteiger partial charge is 0.462 e. The average Bonchev–Trinajstić information content (AvgIpc) is 2.87. The first-order chi connectivity index (χ1) is 20.5. The molecule has 1 heterocycles. The maximum Gasteiger partial charge on any atom is 0.418 e. The van der Waals surface area contributed by atoms with E-state index in [1.54, 1.807) is 6.92 Å². The Bertz CT molecular complexity index is 1620. The summed E-state index contributed by atoms with van der Waals surface area (Å²) in [6.45, 7) is 16.6. The van der Waals surface area contributed by atoms with Crippen LogP contribution in [0.1, 0.15) is 76.0 Å². The van der Waals surface area contributed by atoms with Gasteiger partial charge in [-0.3, -0.25) is 4.79 Å². The molecule has 0 aliphatic carbocycles. The van der Waals surface area contributed by atoms with Crippen LogP contribution in [0.2, 0.25) is 18.1 Å². The first kappa shape index (κ1) is 36.1. The number of fused-ring (bicyclic) bond motifs is 1. The number of anilines is 1. The van der Waals surface area contributed by atoms with Crippen molar-refractivity contribution in [3.05, 3.63) is 74.8 Å². The summed E-state index contributed by atoms with van der Waals surface area (Å²) in [5.41, 5.74) is -4.61. The number of benzene rings is 2. The van der Waals surface area contributed by atoms with Crippen molar-refractivity contribution >= 4 is 30.9 Å². The van der Waals surface area contributed by atoms with Gasteiger partial charge in [0.25, 0.3) is 0 Å². The molecule has 2 aromatic carbocycles. The number of esters is 1. The molecule has 6 nitrogen and oxygen atoms in total. The number of nitrogens with zero attached hydrogens (tertiary/aromatic N) is 1. The van der Waals surface area contributed by atoms with E-state index in [9.17, 15) is 35.9 Å². The number of carbonyl (C=O) groups excluding carboxylic acids is 1. The quantitative estimate of drug-likeness (QED) is 0.141. The number of hydrogen-bond donors (Lipinski definition) is 1. The van der Waals surface area contributed by atoms with Gasteiger partial charge < -0.3 is 19.0 Å². The van der Waals surface area contributed by atoms with Gasteiger partial charge in [0.15, 0.2) is 8.32 Å². The predicted octanol–water partition coefficient (Wildman–Crippen LogP) is 8.84. The molecule has 0 saturated heterocycles. The fourth-order valence-electron chi connectivity index (χ4n) is 4.56. The SMILES string of the molecule is CCOC(=O)c1cn(C(CO[Si](C)(C)C(C)(C)C)C(C)(C)C)c2cc(C(F)(F)F)c(NCc3c(F)cc(F)cc3F)cc2c1=O. The fourth-order valence-corrected chi connectivity index (χ4v) is 5.57. The van der Waals surface area contributed by atoms with Gasteiger partial charge in [0.1, 0.15) is 23.0 Å². The Hall–Kier alpha value is -3.32. The van der Waals surface area contributed by atoms with Gasteiger partial charge in [-0.25, -0.2) is 18.0 Å². The molecule has 0 spiro atoms. The fraction of sp³-hybridized carbons (Fsp3) is 0.500. The Morgan fingerprint density at radius 3 is 2.04 bits per heavy atom. The molecule has 1 N–H and O–H groups in total. The zero-order valence-corrected chi connectivity index (χ0v) is 27.9. The van der Waals surface area contributed by atoms with Crippen molar-refractivity contribution in [3.63, 3.8) is 0 Å². The van der Waals surface area contributed by atoms with E-state index in [0.29, 0.717) is 12.1 Å². The summed E-state index contributed by atoms with van der Waals surface area (Å²) < 4.78 is 98.6. The van der Waals surface area contributed by atoms with Crippen LogP contribution >= 0.6 is 0 Å². The van der Waals surface area contributed by atoms with E-state index in [-0.39, 0.29) is 29.2 Å². The molecule has 1 atom stereocenters. The summed E-state index contributed by atoms with van der Waals surface area (Å²) in [6.07, 6.45) is -3.75. The van der Waals surface area contributed by atoms with Crippen LogP contribution in [0, 0.1) is 22.9 Å². The number of pyridine rings is 1. The van der Waals surface area contributed by atoms with Gasteiger partial charge in [0.05, 0.1) is 30.3 Å². The minimum absolute atomic E-state index is 0.0535. The lowest BCUT2D eigenvalue weighted by atomic mass is 9.86. The highest BCUT2D eigenvalue weighted by Gasteiger charge is 2.40. The van der Waals surface area contributed by atoms with E-state index in [1.807, 2.05) is 54.6 Å². The zero-order chi connectivity index (χ0) is 34.3. The minimum atomic E-state index is -4.97. The molecule has 0 saturated carbocycles. The average molecular weight is 659 g/mol. The number of rotatable bonds is 9. The number of nitrogens with one attached hydrogen (secondary N) is 1. The van der Waals surface area contributed by atoms with E-state index >= 15 is 0 Å². The van der Waals surface area contributed by atoms with Crippen LogP contribution in [0.15, 0.2) is 35.3 Å². The molecule has 3 aromatic rings. The third-order valence-corrected chi connectivity index (χ3v) is 12.8. The third-order valence-electron chi connectivity index (χ3n) is 8.28. The molecule has 0 aliphatic rings. The lowest BCUT2D eigenvalue weighted by Gasteiger charge is -2.41. The second-order valence-corrected chi connectivity index (χ2v) is 18.4. The smallest absolute Gasteiger partial charge is 0.418 e. The van der Waals surface area contributed by atoms with Crippen molar-refractivity contribution < 1.29 is 40.3 Å². The molecule has 1 aromatic heterocycles. The second kappa shape index (κ2) is 12.8. The standard InChI is InChI=1S/C32H40F6N2O4Si/c1-10-43-29(42)21-16-40(27(30(2,3)4)17-44-45(8,9)31(5,6)7)26-14-22(32(36,37)38)25(13-19(26)28(21)41)39-15-20-23(34)11-18(33)12-24(20)35/h11-14,16,27,39H,10,15,17H2,1-9H3. The van der Waals surface area contributed by atoms with Gasteiger partial charge in [-0.2, -0.15) is 13.2 Å². The normalized spacial score (nSPS) is 13.7. The summed E-state index contributed by atoms with van der Waals surface area (Å²) >= 11 is 0. The lowest BCUT2D eigenvalue weighted by molar-refractivity contribution is -0.136. The highest BCUT2D eigenvalue weighted by molar-refractivity contribution is 6.74. The monoisotopic (exact) mass is 658 g/mol. The molecular weight excluding hydrogens is 618 g/mol. The van der Waals surface area contributed by atoms with Gasteiger partial charge in [-0.05, 0) is 42.6 Å². The number of carbonyl (C=O) groups is 1. The maximum absolute atomic E-state index is 14.5. The summed E-state index contributed by atoms with van der Waals surface area (Å²) in [6, 6.07) is 1.86. The molecule has 45 heavy (non-hydrogen) atoms. The van der Waals surface area contributed by atoms with E-state index < -0.39 is 83.7 Å². The summed E-state index contributed by atoms with van der Waals surface area (Å²) in [5, 5.41) is 1.94. The van der Waals surface area contributed by atoms with Crippen molar-refractivity contribution in [1.82, 2.24) is 4.57 Å². The van der Waals surface area contributed by atoms with E-state index in [0.717, 1.165) is 12.1 Å². The van der Waals surface area contributed by atoms with Crippen molar-refractivity contribution in [2.24, 2.45) is 5.41 Å². The first-order valence-electron chi connectivity index (χ1n) is 14.5. The van der Waals surface area contributed by atoms with Crippen LogP contribution in [0.25, 0.3) is 10.9 Å². The Labute approximate surface area is 259 Å². The topological polar surface area (TPSA) is 69.6 Å². The molecule has 248 valence electrons. The van der Waals surface area contributed by atoms with Gasteiger partial charge in [-0.15, -0.1) is 0 Å². The Morgan fingerprint density at radius 2 is 1.56 bits per heavy atom. The maximum atomic E-state index is 14.5. The van der Waals surface area contributed by atoms with Crippen LogP contribution in [-0.2, 0) is 21.9 Å². The number of ether oxygens (including phenoxy) is 1. The molecular formula is C32H40F6N2O4Si. The number of halogens is 6. The molecule has 0 radical (unpaired) electrons. The summed E-state index contributed by atoms with van der Waals surface area (Å²) in [5.74, 6) is -4.73. The summed E-state index contributed by atoms with van der Waals surface area (Å²) in [4.78, 5) is 26.6. The van der Waals surface area contributed by atoms with Crippen molar-refractivity contribution in [2.45, 2.75) is 85.4 Å². The number of aromatic nitrogens is 1. The third kappa shape index (κ3) is 7.92. The second-order valence-electron chi connectivity index (χ2n) is 13.6. The van der Waals surface area contributed by atoms with Gasteiger partial charge >= 0.3 is 12.1 Å². The predicted molar refractivity (Wildman–Crippen MR) is 164 cm³/mol. The Morgan fingerprint density at radius 1 is 0.978 bits per heavy atom. The van der Waals surface area contributed by atoms with Crippen LogP contribution in [0.4, 0.5) is 32.0 Å². The van der Waals surface area contributed by atoms with Crippen LogP contribution in [0.5, 0.6) is 0 Å². The molecule has 13 heteroatoms. The molecule has 0 fully saturated rings. The van der Waals surface area contributed by atoms with Crippen molar-refractivity contribution in [2.75, 3.05) is 18.5 Å². The molecule has 3 rings (SSSR count). The molecule has 0 aliphatic heterocycles. The zero-order valence-electron chi connectivity index (χ0n) is 26.9. The molecule has 0 amide bonds. The molecule has 1 unspecified atom stereocenters. The Balaban J connectivity index is 2.34. The van der Waals surface area contributed by atoms with E-state index in [4.69, 9.17) is 9.16 Å². The van der Waals surface area contributed by atoms with Crippen molar-refractivity contribution in [1.29, 1.82) is 0 Å². The number of alkyl halides is 3. The highest BCUT2D eigenvalue weighted by atomic mass is 28.4. The van der Waals surface area contributed by atoms with E-state index in [1.165, 1.54) is 10.8 Å². The lowest BCUT2D eigenvalue weighted by Crippen LogP contribution is -2.43. The van der Waals surface area contributed by atoms with Crippen molar-refractivity contribution in [3.8, 4) is 0 Å². The van der Waals surface area contributed by atoms with Crippen LogP contribution in [0.3, 0.4) is 0 Å². The first-order valence-corrected chi connectivity index (χ1v) is 17.4. The van der Waals surface area contributed by atoms with Gasteiger partial charge in [0.2, 0.25) is 5.43 Å². The minimum Gasteiger partial charge on any atom is -0.462 e. The summed E-state index contributed by atoms with van der Waals surface area (Å²) in [7, 11) is -2.35. The van der Waals surface area contributed by atoms with Gasteiger partial charge in [0, 0.05) is 41.5 Å². The van der Waals surface area contributed by atoms with Crippen LogP contribution < -0.4 is 10.7 Å². The van der Waals surface area contributed by atoms with Gasteiger partial charge in [-0.1, -0.05) is 41.5 Å². The Kier molecular flexibility index (Phi) is 10.3.